The third-order valence-corrected chi connectivity index (χ3v) is 8.59. The number of carbonyl (C=O) groups excluding carboxylic acids is 2. The summed E-state index contributed by atoms with van der Waals surface area (Å²) >= 11 is 0. The van der Waals surface area contributed by atoms with Gasteiger partial charge in [-0.25, -0.2) is 14.6 Å². The number of hydrogen-bond donors (Lipinski definition) is 2. The van der Waals surface area contributed by atoms with Gasteiger partial charge in [0.15, 0.2) is 17.9 Å². The maximum Gasteiger partial charge on any atom is 0.330 e. The van der Waals surface area contributed by atoms with Crippen LogP contribution >= 0.6 is 0 Å². The van der Waals surface area contributed by atoms with Gasteiger partial charge in [0.05, 0.1) is 6.42 Å². The average Bonchev–Trinajstić information content (AvgIpc) is 3.10. The Hall–Kier alpha value is -2.53. The van der Waals surface area contributed by atoms with Crippen LogP contribution in [-0.4, -0.2) is 46.9 Å². The van der Waals surface area contributed by atoms with Crippen molar-refractivity contribution < 1.29 is 43.5 Å². The van der Waals surface area contributed by atoms with Gasteiger partial charge >= 0.3 is 11.9 Å². The van der Waals surface area contributed by atoms with Crippen molar-refractivity contribution in [3.8, 4) is 0 Å². The van der Waals surface area contributed by atoms with Crippen LogP contribution in [0, 0.1) is 23.7 Å². The smallest absolute Gasteiger partial charge is 0.330 e. The van der Waals surface area contributed by atoms with Gasteiger partial charge in [0.2, 0.25) is 18.0 Å². The third-order valence-electron chi connectivity index (χ3n) is 8.59. The lowest BCUT2D eigenvalue weighted by atomic mass is 9.58. The summed E-state index contributed by atoms with van der Waals surface area (Å²) in [4.78, 5) is 48.7. The Morgan fingerprint density at radius 2 is 1.84 bits per heavy atom. The Morgan fingerprint density at radius 3 is 2.57 bits per heavy atom. The molecule has 2 N–H and O–H groups in total. The first kappa shape index (κ1) is 26.1. The molecule has 5 aliphatic rings. The number of carboxylic acid groups (broad SMARTS) is 1. The summed E-state index contributed by atoms with van der Waals surface area (Å²) in [5.41, 5.74) is -0.305. The van der Waals surface area contributed by atoms with Crippen molar-refractivity contribution in [2.24, 2.45) is 23.7 Å². The molecule has 1 amide bonds. The molecule has 4 aliphatic heterocycles. The molecule has 2 bridgehead atoms. The van der Waals surface area contributed by atoms with Crippen LogP contribution in [0.25, 0.3) is 0 Å². The first-order valence-corrected chi connectivity index (χ1v) is 13.1. The van der Waals surface area contributed by atoms with Gasteiger partial charge in [0.1, 0.15) is 0 Å². The number of nitrogens with one attached hydrogen (secondary N) is 1. The predicted octanol–water partition coefficient (Wildman–Crippen LogP) is 3.46. The summed E-state index contributed by atoms with van der Waals surface area (Å²) in [6.07, 6.45) is 1.48. The molecule has 1 aromatic carbocycles. The van der Waals surface area contributed by atoms with E-state index in [1.807, 2.05) is 13.8 Å². The number of carboxylic acids is 1. The van der Waals surface area contributed by atoms with Gasteiger partial charge in [0.25, 0.3) is 0 Å². The fourth-order valence-corrected chi connectivity index (χ4v) is 6.58. The molecule has 0 aromatic heterocycles. The summed E-state index contributed by atoms with van der Waals surface area (Å²) in [7, 11) is 0. The molecular weight excluding hydrogens is 482 g/mol. The molecule has 6 rings (SSSR count). The van der Waals surface area contributed by atoms with Crippen LogP contribution in [0.2, 0.25) is 0 Å². The number of rotatable bonds is 7. The standard InChI is InChI=1S/C27H35NO9/c1-15-9-10-19-16(2)24(34-25-27(19)18(15)13-14-26(3,35-25)36-37-27)33-21(30)12-11-20(29)28-22(23(31)32)17-7-5-4-6-8-17/h4-8,15-16,18-19,22,24-25H,9-14H2,1-3H3,(H,28,29)(H,31,32)/t15-,16-,18+,19+,22+,24-,25-,26-,27+/m1/s1. The number of amides is 1. The van der Waals surface area contributed by atoms with E-state index in [0.29, 0.717) is 17.9 Å². The zero-order valence-corrected chi connectivity index (χ0v) is 21.4. The van der Waals surface area contributed by atoms with Crippen molar-refractivity contribution in [2.75, 3.05) is 0 Å². The fourth-order valence-electron chi connectivity index (χ4n) is 6.58. The molecule has 1 saturated carbocycles. The lowest BCUT2D eigenvalue weighted by Gasteiger charge is -2.59. The SMILES string of the molecule is C[C@H]1[C@H](OC(=O)CCC(=O)N[C@H](C(=O)O)c2ccccc2)O[C@@H]2O[C@@]3(C)CC[C@H]4[C@H](C)CC[C@@H]1[C@]24OO3. The van der Waals surface area contributed by atoms with Gasteiger partial charge in [-0.1, -0.05) is 44.2 Å². The van der Waals surface area contributed by atoms with E-state index in [1.54, 1.807) is 30.3 Å². The molecule has 1 aromatic rings. The number of ether oxygens (including phenoxy) is 3. The van der Waals surface area contributed by atoms with E-state index < -0.39 is 47.9 Å². The molecular formula is C27H35NO9. The highest BCUT2D eigenvalue weighted by Crippen LogP contribution is 2.60. The Labute approximate surface area is 215 Å². The Balaban J connectivity index is 1.22. The van der Waals surface area contributed by atoms with Crippen molar-refractivity contribution >= 4 is 17.8 Å². The second-order valence-electron chi connectivity index (χ2n) is 11.0. The van der Waals surface area contributed by atoms with Gasteiger partial charge in [-0.2, -0.15) is 0 Å². The molecule has 9 atom stereocenters. The van der Waals surface area contributed by atoms with Crippen LogP contribution in [0.4, 0.5) is 0 Å². The topological polar surface area (TPSA) is 130 Å². The molecule has 37 heavy (non-hydrogen) atoms. The minimum Gasteiger partial charge on any atom is -0.479 e. The minimum atomic E-state index is -1.20. The van der Waals surface area contributed by atoms with Crippen molar-refractivity contribution in [1.82, 2.24) is 5.32 Å². The lowest BCUT2D eigenvalue weighted by Crippen LogP contribution is -2.70. The molecule has 202 valence electrons. The van der Waals surface area contributed by atoms with Gasteiger partial charge in [0, 0.05) is 24.7 Å². The number of esters is 1. The highest BCUT2D eigenvalue weighted by atomic mass is 17.3. The molecule has 0 radical (unpaired) electrons. The second-order valence-corrected chi connectivity index (χ2v) is 11.0. The maximum absolute atomic E-state index is 12.7. The minimum absolute atomic E-state index is 0.0124. The Morgan fingerprint density at radius 1 is 1.08 bits per heavy atom. The van der Waals surface area contributed by atoms with Gasteiger partial charge < -0.3 is 24.6 Å². The molecule has 10 heteroatoms. The van der Waals surface area contributed by atoms with E-state index in [0.717, 1.165) is 19.3 Å². The van der Waals surface area contributed by atoms with Crippen molar-refractivity contribution in [2.45, 2.75) is 89.3 Å². The molecule has 5 fully saturated rings. The highest BCUT2D eigenvalue weighted by Gasteiger charge is 2.69. The zero-order valence-electron chi connectivity index (χ0n) is 21.4. The van der Waals surface area contributed by atoms with Crippen LogP contribution in [0.1, 0.15) is 70.9 Å². The van der Waals surface area contributed by atoms with Crippen LogP contribution in [0.3, 0.4) is 0 Å². The van der Waals surface area contributed by atoms with Gasteiger partial charge in [-0.3, -0.25) is 9.59 Å². The normalized spacial score (nSPS) is 39.1. The van der Waals surface area contributed by atoms with E-state index in [-0.39, 0.29) is 30.6 Å². The quantitative estimate of drug-likeness (QED) is 0.412. The summed E-state index contributed by atoms with van der Waals surface area (Å²) in [6, 6.07) is 7.19. The van der Waals surface area contributed by atoms with Crippen LogP contribution in [0.5, 0.6) is 0 Å². The van der Waals surface area contributed by atoms with E-state index in [2.05, 4.69) is 12.2 Å². The maximum atomic E-state index is 12.7. The van der Waals surface area contributed by atoms with Crippen molar-refractivity contribution in [1.29, 1.82) is 0 Å². The monoisotopic (exact) mass is 517 g/mol. The second kappa shape index (κ2) is 9.98. The largest absolute Gasteiger partial charge is 0.479 e. The molecule has 4 saturated heterocycles. The average molecular weight is 518 g/mol. The van der Waals surface area contributed by atoms with Gasteiger partial charge in [-0.05, 0) is 43.6 Å². The van der Waals surface area contributed by atoms with Crippen molar-refractivity contribution in [3.05, 3.63) is 35.9 Å². The van der Waals surface area contributed by atoms with Crippen LogP contribution in [0.15, 0.2) is 30.3 Å². The first-order valence-electron chi connectivity index (χ1n) is 13.1. The number of carbonyl (C=O) groups is 3. The molecule has 0 unspecified atom stereocenters. The van der Waals surface area contributed by atoms with Crippen molar-refractivity contribution in [3.63, 3.8) is 0 Å². The van der Waals surface area contributed by atoms with Gasteiger partial charge in [-0.15, -0.1) is 0 Å². The van der Waals surface area contributed by atoms with E-state index in [9.17, 15) is 19.5 Å². The number of benzene rings is 1. The third kappa shape index (κ3) is 4.76. The molecule has 1 spiro atoms. The first-order chi connectivity index (χ1) is 17.6. The summed E-state index contributed by atoms with van der Waals surface area (Å²) in [5, 5.41) is 12.0. The summed E-state index contributed by atoms with van der Waals surface area (Å²) in [5.74, 6) is -2.80. The number of fused-ring (bicyclic) bond motifs is 2. The fraction of sp³-hybridized carbons (Fsp3) is 0.667. The summed E-state index contributed by atoms with van der Waals surface area (Å²) in [6.45, 7) is 6.04. The van der Waals surface area contributed by atoms with E-state index >= 15 is 0 Å². The Kier molecular flexibility index (Phi) is 7.04. The zero-order chi connectivity index (χ0) is 26.4. The van der Waals surface area contributed by atoms with Crippen LogP contribution < -0.4 is 5.32 Å². The molecule has 1 aliphatic carbocycles. The summed E-state index contributed by atoms with van der Waals surface area (Å²) < 4.78 is 18.2. The van der Waals surface area contributed by atoms with E-state index in [4.69, 9.17) is 24.0 Å². The van der Waals surface area contributed by atoms with Crippen LogP contribution in [-0.2, 0) is 38.4 Å². The highest BCUT2D eigenvalue weighted by molar-refractivity contribution is 5.86. The number of hydrogen-bond acceptors (Lipinski definition) is 8. The van der Waals surface area contributed by atoms with E-state index in [1.165, 1.54) is 0 Å². The number of aliphatic carboxylic acids is 1. The molecule has 4 heterocycles. The molecule has 10 nitrogen and oxygen atoms in total. The Bertz CT molecular complexity index is 1030. The predicted molar refractivity (Wildman–Crippen MR) is 127 cm³/mol. The lowest BCUT2D eigenvalue weighted by molar-refractivity contribution is -0.576.